The molecule has 1 heterocycles. The highest BCUT2D eigenvalue weighted by molar-refractivity contribution is 5.96. The number of rotatable bonds is 0. The zero-order valence-corrected chi connectivity index (χ0v) is 8.21. The van der Waals surface area contributed by atoms with Crippen molar-refractivity contribution in [2.75, 3.05) is 0 Å². The summed E-state index contributed by atoms with van der Waals surface area (Å²) in [4.78, 5) is 15.3. The third kappa shape index (κ3) is 2.14. The first-order valence-corrected chi connectivity index (χ1v) is 4.85. The highest BCUT2D eigenvalue weighted by Crippen LogP contribution is 2.17. The van der Waals surface area contributed by atoms with E-state index in [-0.39, 0.29) is 5.78 Å². The third-order valence-electron chi connectivity index (χ3n) is 2.01. The van der Waals surface area contributed by atoms with Gasteiger partial charge in [-0.05, 0) is 24.5 Å². The van der Waals surface area contributed by atoms with Crippen LogP contribution in [0.3, 0.4) is 0 Å². The summed E-state index contributed by atoms with van der Waals surface area (Å²) in [5.41, 5.74) is 1.81. The summed E-state index contributed by atoms with van der Waals surface area (Å²) in [7, 11) is 0. The van der Waals surface area contributed by atoms with Crippen molar-refractivity contribution in [1.82, 2.24) is 4.98 Å². The Morgan fingerprint density at radius 3 is 2.77 bits per heavy atom. The SMILES string of the molecule is CC.O=C1CCCc2cccnc21. The lowest BCUT2D eigenvalue weighted by molar-refractivity contribution is 0.0967. The normalized spacial score (nSPS) is 14.2. The maximum atomic E-state index is 11.2. The number of ketones is 1. The van der Waals surface area contributed by atoms with Crippen molar-refractivity contribution in [1.29, 1.82) is 0 Å². The minimum Gasteiger partial charge on any atom is -0.292 e. The molecule has 1 aliphatic carbocycles. The van der Waals surface area contributed by atoms with Crippen LogP contribution in [0.1, 0.15) is 42.7 Å². The van der Waals surface area contributed by atoms with Gasteiger partial charge in [-0.1, -0.05) is 19.9 Å². The highest BCUT2D eigenvalue weighted by Gasteiger charge is 2.16. The van der Waals surface area contributed by atoms with E-state index in [1.165, 1.54) is 0 Å². The fraction of sp³-hybridized carbons (Fsp3) is 0.455. The smallest absolute Gasteiger partial charge is 0.181 e. The van der Waals surface area contributed by atoms with Gasteiger partial charge in [0.05, 0.1) is 0 Å². The summed E-state index contributed by atoms with van der Waals surface area (Å²) in [5, 5.41) is 0. The molecule has 2 heteroatoms. The Bertz CT molecular complexity index is 294. The van der Waals surface area contributed by atoms with E-state index in [9.17, 15) is 4.79 Å². The molecule has 0 radical (unpaired) electrons. The van der Waals surface area contributed by atoms with Gasteiger partial charge in [0.1, 0.15) is 5.69 Å². The van der Waals surface area contributed by atoms with Crippen molar-refractivity contribution in [3.05, 3.63) is 29.6 Å². The number of aromatic nitrogens is 1. The van der Waals surface area contributed by atoms with Gasteiger partial charge in [0.15, 0.2) is 5.78 Å². The number of aryl methyl sites for hydroxylation is 1. The molecule has 0 N–H and O–H groups in total. The van der Waals surface area contributed by atoms with Crippen molar-refractivity contribution in [3.8, 4) is 0 Å². The van der Waals surface area contributed by atoms with Crippen molar-refractivity contribution in [2.24, 2.45) is 0 Å². The van der Waals surface area contributed by atoms with Gasteiger partial charge in [-0.3, -0.25) is 9.78 Å². The number of carbonyl (C=O) groups is 1. The second kappa shape index (κ2) is 4.75. The molecule has 0 spiro atoms. The number of hydrogen-bond acceptors (Lipinski definition) is 2. The van der Waals surface area contributed by atoms with E-state index in [0.717, 1.165) is 18.4 Å². The van der Waals surface area contributed by atoms with E-state index in [1.54, 1.807) is 6.20 Å². The van der Waals surface area contributed by atoms with Crippen LogP contribution in [0.15, 0.2) is 18.3 Å². The summed E-state index contributed by atoms with van der Waals surface area (Å²) in [6, 6.07) is 3.87. The zero-order valence-electron chi connectivity index (χ0n) is 8.21. The van der Waals surface area contributed by atoms with Gasteiger partial charge in [0.2, 0.25) is 0 Å². The van der Waals surface area contributed by atoms with Crippen molar-refractivity contribution >= 4 is 5.78 Å². The number of hydrogen-bond donors (Lipinski definition) is 0. The summed E-state index contributed by atoms with van der Waals surface area (Å²) >= 11 is 0. The Hall–Kier alpha value is -1.18. The predicted molar refractivity (Wildman–Crippen MR) is 52.9 cm³/mol. The maximum absolute atomic E-state index is 11.2. The van der Waals surface area contributed by atoms with Crippen LogP contribution in [-0.4, -0.2) is 10.8 Å². The largest absolute Gasteiger partial charge is 0.292 e. The monoisotopic (exact) mass is 177 g/mol. The molecule has 0 bridgehead atoms. The molecular weight excluding hydrogens is 162 g/mol. The van der Waals surface area contributed by atoms with Crippen LogP contribution >= 0.6 is 0 Å². The van der Waals surface area contributed by atoms with Crippen molar-refractivity contribution in [3.63, 3.8) is 0 Å². The quantitative estimate of drug-likeness (QED) is 0.609. The van der Waals surface area contributed by atoms with Gasteiger partial charge in [-0.15, -0.1) is 0 Å². The van der Waals surface area contributed by atoms with E-state index in [2.05, 4.69) is 4.98 Å². The number of nitrogens with zero attached hydrogens (tertiary/aromatic N) is 1. The molecule has 1 aliphatic rings. The second-order valence-electron chi connectivity index (χ2n) is 2.79. The Kier molecular flexibility index (Phi) is 3.62. The lowest BCUT2D eigenvalue weighted by Gasteiger charge is -2.11. The Morgan fingerprint density at radius 2 is 2.08 bits per heavy atom. The lowest BCUT2D eigenvalue weighted by Crippen LogP contribution is -2.12. The number of Topliss-reactive ketones (excluding diaryl/α,β-unsaturated/α-hetero) is 1. The van der Waals surface area contributed by atoms with Crippen LogP contribution < -0.4 is 0 Å². The fourth-order valence-corrected chi connectivity index (χ4v) is 1.45. The van der Waals surface area contributed by atoms with Gasteiger partial charge in [-0.2, -0.15) is 0 Å². The molecular formula is C11H15NO. The predicted octanol–water partition coefficient (Wildman–Crippen LogP) is 2.63. The van der Waals surface area contributed by atoms with E-state index >= 15 is 0 Å². The highest BCUT2D eigenvalue weighted by atomic mass is 16.1. The molecule has 0 aromatic carbocycles. The molecule has 1 aromatic rings. The summed E-state index contributed by atoms with van der Waals surface area (Å²) in [5.74, 6) is 0.201. The average Bonchev–Trinajstić information content (AvgIpc) is 2.22. The first kappa shape index (κ1) is 9.90. The van der Waals surface area contributed by atoms with Crippen LogP contribution in [0.5, 0.6) is 0 Å². The van der Waals surface area contributed by atoms with E-state index < -0.39 is 0 Å². The standard InChI is InChI=1S/C9H9NO.C2H6/c11-8-5-1-3-7-4-2-6-10-9(7)8;1-2/h2,4,6H,1,3,5H2;1-2H3. The first-order chi connectivity index (χ1) is 6.38. The van der Waals surface area contributed by atoms with Crippen LogP contribution in [0.4, 0.5) is 0 Å². The molecule has 0 saturated carbocycles. The Labute approximate surface area is 79.0 Å². The molecule has 70 valence electrons. The molecule has 0 aliphatic heterocycles. The molecule has 13 heavy (non-hydrogen) atoms. The Balaban J connectivity index is 0.000000396. The van der Waals surface area contributed by atoms with Crippen LogP contribution in [0, 0.1) is 0 Å². The molecule has 2 nitrogen and oxygen atoms in total. The molecule has 0 amide bonds. The van der Waals surface area contributed by atoms with E-state index in [1.807, 2.05) is 26.0 Å². The summed E-state index contributed by atoms with van der Waals surface area (Å²) in [6.45, 7) is 4.00. The number of fused-ring (bicyclic) bond motifs is 1. The molecule has 2 rings (SSSR count). The molecule has 0 atom stereocenters. The minimum absolute atomic E-state index is 0.201. The van der Waals surface area contributed by atoms with Crippen LogP contribution in [0.25, 0.3) is 0 Å². The fourth-order valence-electron chi connectivity index (χ4n) is 1.45. The number of pyridine rings is 1. The average molecular weight is 177 g/mol. The van der Waals surface area contributed by atoms with Gasteiger partial charge in [-0.25, -0.2) is 0 Å². The van der Waals surface area contributed by atoms with Gasteiger partial charge < -0.3 is 0 Å². The van der Waals surface area contributed by atoms with Crippen molar-refractivity contribution in [2.45, 2.75) is 33.1 Å². The number of carbonyl (C=O) groups excluding carboxylic acids is 1. The third-order valence-corrected chi connectivity index (χ3v) is 2.01. The summed E-state index contributed by atoms with van der Waals surface area (Å²) in [6.07, 6.45) is 4.35. The molecule has 1 aromatic heterocycles. The molecule has 0 saturated heterocycles. The summed E-state index contributed by atoms with van der Waals surface area (Å²) < 4.78 is 0. The van der Waals surface area contributed by atoms with Gasteiger partial charge in [0.25, 0.3) is 0 Å². The Morgan fingerprint density at radius 1 is 1.31 bits per heavy atom. The first-order valence-electron chi connectivity index (χ1n) is 4.85. The van der Waals surface area contributed by atoms with Crippen LogP contribution in [-0.2, 0) is 6.42 Å². The zero-order chi connectivity index (χ0) is 9.68. The van der Waals surface area contributed by atoms with Gasteiger partial charge in [0, 0.05) is 12.6 Å². The topological polar surface area (TPSA) is 30.0 Å². The second-order valence-corrected chi connectivity index (χ2v) is 2.79. The lowest BCUT2D eigenvalue weighted by atomic mass is 9.95. The van der Waals surface area contributed by atoms with Gasteiger partial charge >= 0.3 is 0 Å². The molecule has 0 fully saturated rings. The molecule has 0 unspecified atom stereocenters. The van der Waals surface area contributed by atoms with Crippen LogP contribution in [0.2, 0.25) is 0 Å². The van der Waals surface area contributed by atoms with E-state index in [0.29, 0.717) is 12.1 Å². The van der Waals surface area contributed by atoms with Crippen molar-refractivity contribution < 1.29 is 4.79 Å². The van der Waals surface area contributed by atoms with E-state index in [4.69, 9.17) is 0 Å². The minimum atomic E-state index is 0.201. The maximum Gasteiger partial charge on any atom is 0.181 e.